The second-order valence-corrected chi connectivity index (χ2v) is 8.02. The van der Waals surface area contributed by atoms with Gasteiger partial charge in [0.25, 0.3) is 0 Å². The number of aromatic carboxylic acids is 1. The van der Waals surface area contributed by atoms with Crippen LogP contribution in [-0.4, -0.2) is 40.5 Å². The first-order valence-corrected chi connectivity index (χ1v) is 9.45. The maximum Gasteiger partial charge on any atom is 0.340 e. The van der Waals surface area contributed by atoms with Gasteiger partial charge in [-0.25, -0.2) is 13.2 Å². The fourth-order valence-corrected chi connectivity index (χ4v) is 3.60. The van der Waals surface area contributed by atoms with E-state index in [1.165, 1.54) is 23.1 Å². The summed E-state index contributed by atoms with van der Waals surface area (Å²) in [6.07, 6.45) is 3.66. The highest BCUT2D eigenvalue weighted by Crippen LogP contribution is 2.26. The Bertz CT molecular complexity index is 1190. The molecule has 0 spiro atoms. The molecular formula is C16H11ClN4O4S. The molecule has 0 radical (unpaired) electrons. The van der Waals surface area contributed by atoms with E-state index < -0.39 is 15.8 Å². The van der Waals surface area contributed by atoms with Crippen molar-refractivity contribution >= 4 is 38.3 Å². The van der Waals surface area contributed by atoms with Crippen LogP contribution in [0.2, 0.25) is 5.02 Å². The quantitative estimate of drug-likeness (QED) is 0.722. The molecule has 2 heterocycles. The molecule has 0 unspecified atom stereocenters. The van der Waals surface area contributed by atoms with Crippen LogP contribution in [0.15, 0.2) is 35.5 Å². The summed E-state index contributed by atoms with van der Waals surface area (Å²) >= 11 is 5.94. The number of sulfone groups is 1. The highest BCUT2D eigenvalue weighted by atomic mass is 35.5. The van der Waals surface area contributed by atoms with Crippen molar-refractivity contribution in [2.75, 3.05) is 6.26 Å². The van der Waals surface area contributed by atoms with E-state index in [2.05, 4.69) is 10.1 Å². The van der Waals surface area contributed by atoms with Gasteiger partial charge in [0.05, 0.1) is 22.0 Å². The minimum absolute atomic E-state index is 0.0350. The van der Waals surface area contributed by atoms with E-state index in [-0.39, 0.29) is 22.7 Å². The van der Waals surface area contributed by atoms with Gasteiger partial charge in [0, 0.05) is 24.0 Å². The maximum atomic E-state index is 12.1. The van der Waals surface area contributed by atoms with Crippen LogP contribution in [0.25, 0.3) is 10.9 Å². The van der Waals surface area contributed by atoms with Crippen LogP contribution in [0, 0.1) is 11.3 Å². The van der Waals surface area contributed by atoms with Gasteiger partial charge in [-0.2, -0.15) is 10.4 Å². The Kier molecular flexibility index (Phi) is 4.39. The van der Waals surface area contributed by atoms with Crippen LogP contribution in [0.1, 0.15) is 21.6 Å². The van der Waals surface area contributed by atoms with Gasteiger partial charge in [0.1, 0.15) is 11.6 Å². The van der Waals surface area contributed by atoms with E-state index in [1.54, 1.807) is 18.2 Å². The lowest BCUT2D eigenvalue weighted by atomic mass is 10.1. The maximum absolute atomic E-state index is 12.1. The molecule has 132 valence electrons. The molecule has 1 N–H and O–H groups in total. The SMILES string of the molecule is CS(=O)(=O)c1cc(Cn2cc(C(=O)O)c(C#N)n2)cc2cc(Cl)cnc12. The highest BCUT2D eigenvalue weighted by Gasteiger charge is 2.18. The zero-order valence-corrected chi connectivity index (χ0v) is 14.9. The topological polar surface area (TPSA) is 126 Å². The molecule has 26 heavy (non-hydrogen) atoms. The number of halogens is 1. The number of nitriles is 1. The summed E-state index contributed by atoms with van der Waals surface area (Å²) in [4.78, 5) is 15.3. The molecule has 2 aromatic heterocycles. The Morgan fingerprint density at radius 3 is 2.69 bits per heavy atom. The molecule has 0 aliphatic carbocycles. The number of carbonyl (C=O) groups is 1. The summed E-state index contributed by atoms with van der Waals surface area (Å²) in [7, 11) is -3.56. The molecule has 8 nitrogen and oxygen atoms in total. The minimum Gasteiger partial charge on any atom is -0.478 e. The molecular weight excluding hydrogens is 380 g/mol. The van der Waals surface area contributed by atoms with Crippen molar-refractivity contribution in [3.05, 3.63) is 52.4 Å². The van der Waals surface area contributed by atoms with E-state index in [4.69, 9.17) is 22.0 Å². The third kappa shape index (κ3) is 3.37. The van der Waals surface area contributed by atoms with Crippen LogP contribution in [-0.2, 0) is 16.4 Å². The molecule has 0 aliphatic heterocycles. The van der Waals surface area contributed by atoms with E-state index in [9.17, 15) is 13.2 Å². The number of hydrogen-bond donors (Lipinski definition) is 1. The zero-order valence-electron chi connectivity index (χ0n) is 13.3. The molecule has 0 amide bonds. The number of benzene rings is 1. The summed E-state index contributed by atoms with van der Waals surface area (Å²) in [6.45, 7) is 0.0763. The number of pyridine rings is 1. The van der Waals surface area contributed by atoms with Gasteiger partial charge in [-0.15, -0.1) is 0 Å². The fourth-order valence-electron chi connectivity index (χ4n) is 2.55. The molecule has 3 aromatic rings. The lowest BCUT2D eigenvalue weighted by molar-refractivity contribution is 0.0696. The normalized spacial score (nSPS) is 11.4. The number of fused-ring (bicyclic) bond motifs is 1. The summed E-state index contributed by atoms with van der Waals surface area (Å²) in [6, 6.07) is 6.45. The van der Waals surface area contributed by atoms with Crippen molar-refractivity contribution in [3.63, 3.8) is 0 Å². The number of rotatable bonds is 4. The average Bonchev–Trinajstić information content (AvgIpc) is 2.96. The molecule has 1 aromatic carbocycles. The minimum atomic E-state index is -3.56. The number of hydrogen-bond acceptors (Lipinski definition) is 6. The average molecular weight is 391 g/mol. The Labute approximate surface area is 153 Å². The van der Waals surface area contributed by atoms with E-state index in [0.29, 0.717) is 21.5 Å². The second-order valence-electron chi connectivity index (χ2n) is 5.60. The zero-order chi connectivity index (χ0) is 19.1. The van der Waals surface area contributed by atoms with Gasteiger partial charge in [-0.05, 0) is 23.8 Å². The molecule has 10 heteroatoms. The van der Waals surface area contributed by atoms with Crippen LogP contribution in [0.4, 0.5) is 0 Å². The van der Waals surface area contributed by atoms with E-state index in [1.807, 2.05) is 0 Å². The number of carboxylic acids is 1. The Morgan fingerprint density at radius 2 is 2.12 bits per heavy atom. The Hall–Kier alpha value is -2.96. The lowest BCUT2D eigenvalue weighted by Crippen LogP contribution is -2.05. The van der Waals surface area contributed by atoms with E-state index >= 15 is 0 Å². The molecule has 0 saturated carbocycles. The lowest BCUT2D eigenvalue weighted by Gasteiger charge is -2.09. The van der Waals surface area contributed by atoms with Gasteiger partial charge in [0.15, 0.2) is 15.5 Å². The first kappa shape index (κ1) is 17.8. The van der Waals surface area contributed by atoms with Crippen molar-refractivity contribution in [1.29, 1.82) is 5.26 Å². The third-order valence-corrected chi connectivity index (χ3v) is 4.93. The van der Waals surface area contributed by atoms with Crippen LogP contribution < -0.4 is 0 Å². The second kappa shape index (κ2) is 6.40. The van der Waals surface area contributed by atoms with Gasteiger partial charge in [-0.1, -0.05) is 11.6 Å². The summed E-state index contributed by atoms with van der Waals surface area (Å²) in [5, 5.41) is 22.9. The van der Waals surface area contributed by atoms with Crippen LogP contribution in [0.5, 0.6) is 0 Å². The first-order chi connectivity index (χ1) is 12.2. The molecule has 0 atom stereocenters. The Balaban J connectivity index is 2.14. The van der Waals surface area contributed by atoms with Crippen molar-refractivity contribution in [3.8, 4) is 6.07 Å². The fraction of sp³-hybridized carbons (Fsp3) is 0.125. The number of nitrogens with zero attached hydrogens (tertiary/aromatic N) is 4. The van der Waals surface area contributed by atoms with Gasteiger partial charge >= 0.3 is 5.97 Å². The van der Waals surface area contributed by atoms with Gasteiger partial charge in [0.2, 0.25) is 0 Å². The summed E-state index contributed by atoms with van der Waals surface area (Å²) in [5.74, 6) is -1.26. The molecule has 0 saturated heterocycles. The van der Waals surface area contributed by atoms with Crippen molar-refractivity contribution in [2.45, 2.75) is 11.4 Å². The van der Waals surface area contributed by atoms with E-state index in [0.717, 1.165) is 6.26 Å². The molecule has 0 aliphatic rings. The summed E-state index contributed by atoms with van der Waals surface area (Å²) < 4.78 is 25.5. The third-order valence-electron chi connectivity index (χ3n) is 3.62. The Morgan fingerprint density at radius 1 is 1.38 bits per heavy atom. The standard InChI is InChI=1S/C16H11ClN4O4S/c1-26(24,25)14-3-9(2-10-4-11(17)6-19-15(10)14)7-21-8-12(16(22)23)13(5-18)20-21/h2-4,6,8H,7H2,1H3,(H,22,23). The molecule has 3 rings (SSSR count). The first-order valence-electron chi connectivity index (χ1n) is 7.18. The molecule has 0 bridgehead atoms. The molecule has 0 fully saturated rings. The largest absolute Gasteiger partial charge is 0.478 e. The van der Waals surface area contributed by atoms with Crippen LogP contribution in [0.3, 0.4) is 0 Å². The van der Waals surface area contributed by atoms with Crippen molar-refractivity contribution in [1.82, 2.24) is 14.8 Å². The predicted octanol–water partition coefficient (Wildman–Crippen LogP) is 2.11. The summed E-state index contributed by atoms with van der Waals surface area (Å²) in [5.41, 5.74) is 0.406. The van der Waals surface area contributed by atoms with Gasteiger partial charge < -0.3 is 5.11 Å². The number of carboxylic acid groups (broad SMARTS) is 1. The smallest absolute Gasteiger partial charge is 0.340 e. The van der Waals surface area contributed by atoms with Gasteiger partial charge in [-0.3, -0.25) is 9.67 Å². The highest BCUT2D eigenvalue weighted by molar-refractivity contribution is 7.91. The predicted molar refractivity (Wildman–Crippen MR) is 92.9 cm³/mol. The van der Waals surface area contributed by atoms with Crippen molar-refractivity contribution in [2.24, 2.45) is 0 Å². The number of aromatic nitrogens is 3. The monoisotopic (exact) mass is 390 g/mol. The van der Waals surface area contributed by atoms with Crippen LogP contribution >= 0.6 is 11.6 Å². The van der Waals surface area contributed by atoms with Crippen molar-refractivity contribution < 1.29 is 18.3 Å².